The lowest BCUT2D eigenvalue weighted by Gasteiger charge is -2.07. The standard InChI is InChI=1S/C9H11N3O3/c1-6(10)9(11-13)7-3-2-4-8(5-7)12(14)15/h2-6,13H,10H2,1H3/b11-9+. The van der Waals surface area contributed by atoms with E-state index in [9.17, 15) is 10.1 Å². The first kappa shape index (κ1) is 11.1. The van der Waals surface area contributed by atoms with Crippen LogP contribution in [0.15, 0.2) is 29.4 Å². The minimum Gasteiger partial charge on any atom is -0.411 e. The first-order valence-electron chi connectivity index (χ1n) is 4.28. The third kappa shape index (κ3) is 2.50. The molecule has 3 N–H and O–H groups in total. The Morgan fingerprint density at radius 3 is 2.80 bits per heavy atom. The zero-order valence-electron chi connectivity index (χ0n) is 8.12. The molecule has 0 heterocycles. The van der Waals surface area contributed by atoms with Crippen molar-refractivity contribution in [3.8, 4) is 0 Å². The van der Waals surface area contributed by atoms with Crippen LogP contribution in [0.5, 0.6) is 0 Å². The van der Waals surface area contributed by atoms with Crippen molar-refractivity contribution in [2.75, 3.05) is 0 Å². The van der Waals surface area contributed by atoms with Gasteiger partial charge in [0.15, 0.2) is 0 Å². The molecule has 1 aromatic carbocycles. The first-order chi connectivity index (χ1) is 7.06. The van der Waals surface area contributed by atoms with Crippen molar-refractivity contribution in [2.45, 2.75) is 13.0 Å². The van der Waals surface area contributed by atoms with Crippen molar-refractivity contribution < 1.29 is 10.1 Å². The number of nitrogens with zero attached hydrogens (tertiary/aromatic N) is 2. The third-order valence-electron chi connectivity index (χ3n) is 1.89. The molecule has 1 atom stereocenters. The summed E-state index contributed by atoms with van der Waals surface area (Å²) < 4.78 is 0. The summed E-state index contributed by atoms with van der Waals surface area (Å²) in [5.41, 5.74) is 6.15. The molecule has 1 rings (SSSR count). The van der Waals surface area contributed by atoms with Gasteiger partial charge < -0.3 is 10.9 Å². The Balaban J connectivity index is 3.15. The molecule has 0 bridgehead atoms. The zero-order valence-corrected chi connectivity index (χ0v) is 8.12. The largest absolute Gasteiger partial charge is 0.411 e. The van der Waals surface area contributed by atoms with Crippen LogP contribution in [0.2, 0.25) is 0 Å². The van der Waals surface area contributed by atoms with E-state index in [1.807, 2.05) is 0 Å². The lowest BCUT2D eigenvalue weighted by atomic mass is 10.0. The number of benzene rings is 1. The quantitative estimate of drug-likeness (QED) is 0.337. The molecule has 1 unspecified atom stereocenters. The minimum atomic E-state index is -0.514. The predicted molar refractivity (Wildman–Crippen MR) is 55.1 cm³/mol. The molecule has 0 aromatic heterocycles. The molecule has 0 amide bonds. The number of non-ortho nitro benzene ring substituents is 1. The van der Waals surface area contributed by atoms with Gasteiger partial charge in [0.2, 0.25) is 0 Å². The van der Waals surface area contributed by atoms with E-state index >= 15 is 0 Å². The van der Waals surface area contributed by atoms with E-state index in [1.54, 1.807) is 13.0 Å². The van der Waals surface area contributed by atoms with Crippen molar-refractivity contribution >= 4 is 11.4 Å². The number of nitrogens with two attached hydrogens (primary N) is 1. The van der Waals surface area contributed by atoms with E-state index in [2.05, 4.69) is 5.16 Å². The summed E-state index contributed by atoms with van der Waals surface area (Å²) >= 11 is 0. The van der Waals surface area contributed by atoms with E-state index in [1.165, 1.54) is 18.2 Å². The molecule has 6 heteroatoms. The summed E-state index contributed by atoms with van der Waals surface area (Å²) in [6.07, 6.45) is 0. The van der Waals surface area contributed by atoms with Crippen LogP contribution in [0.3, 0.4) is 0 Å². The molecule has 0 spiro atoms. The van der Waals surface area contributed by atoms with Gasteiger partial charge in [0.25, 0.3) is 5.69 Å². The van der Waals surface area contributed by atoms with E-state index < -0.39 is 11.0 Å². The fraction of sp³-hybridized carbons (Fsp3) is 0.222. The first-order valence-corrected chi connectivity index (χ1v) is 4.28. The number of oxime groups is 1. The highest BCUT2D eigenvalue weighted by Gasteiger charge is 2.13. The van der Waals surface area contributed by atoms with Crippen molar-refractivity contribution in [1.82, 2.24) is 0 Å². The molecule has 80 valence electrons. The highest BCUT2D eigenvalue weighted by molar-refractivity contribution is 6.04. The van der Waals surface area contributed by atoms with Crippen LogP contribution >= 0.6 is 0 Å². The van der Waals surface area contributed by atoms with Gasteiger partial charge in [0, 0.05) is 23.7 Å². The SMILES string of the molecule is CC(N)/C(=N\O)c1cccc([N+](=O)[O-])c1. The van der Waals surface area contributed by atoms with Gasteiger partial charge in [-0.25, -0.2) is 0 Å². The van der Waals surface area contributed by atoms with E-state index in [0.29, 0.717) is 5.56 Å². The van der Waals surface area contributed by atoms with Crippen LogP contribution in [0.1, 0.15) is 12.5 Å². The normalized spacial score (nSPS) is 13.6. The summed E-state index contributed by atoms with van der Waals surface area (Å²) in [5.74, 6) is 0. The average Bonchev–Trinajstić information content (AvgIpc) is 2.18. The maximum atomic E-state index is 10.5. The topological polar surface area (TPSA) is 102 Å². The van der Waals surface area contributed by atoms with Crippen LogP contribution in [-0.2, 0) is 0 Å². The Morgan fingerprint density at radius 1 is 1.67 bits per heavy atom. The number of rotatable bonds is 3. The van der Waals surface area contributed by atoms with E-state index in [4.69, 9.17) is 10.9 Å². The van der Waals surface area contributed by atoms with E-state index in [-0.39, 0.29) is 11.4 Å². The molecule has 0 fully saturated rings. The molecule has 1 aromatic rings. The van der Waals surface area contributed by atoms with Crippen LogP contribution in [0, 0.1) is 10.1 Å². The van der Waals surface area contributed by atoms with Gasteiger partial charge in [-0.05, 0) is 6.92 Å². The van der Waals surface area contributed by atoms with Gasteiger partial charge in [-0.2, -0.15) is 0 Å². The lowest BCUT2D eigenvalue weighted by Crippen LogP contribution is -2.27. The summed E-state index contributed by atoms with van der Waals surface area (Å²) in [5, 5.41) is 22.3. The van der Waals surface area contributed by atoms with Crippen molar-refractivity contribution in [3.05, 3.63) is 39.9 Å². The molecule has 0 aliphatic carbocycles. The smallest absolute Gasteiger partial charge is 0.270 e. The number of hydrogen-bond acceptors (Lipinski definition) is 5. The predicted octanol–water partition coefficient (Wildman–Crippen LogP) is 1.12. The van der Waals surface area contributed by atoms with Gasteiger partial charge in [-0.15, -0.1) is 0 Å². The Bertz CT molecular complexity index is 401. The van der Waals surface area contributed by atoms with Crippen molar-refractivity contribution in [2.24, 2.45) is 10.9 Å². The van der Waals surface area contributed by atoms with Gasteiger partial charge in [-0.1, -0.05) is 17.3 Å². The Kier molecular flexibility index (Phi) is 3.35. The second-order valence-corrected chi connectivity index (χ2v) is 3.08. The molecular weight excluding hydrogens is 198 g/mol. The summed E-state index contributed by atoms with van der Waals surface area (Å²) in [6.45, 7) is 1.63. The molecule has 0 radical (unpaired) electrons. The summed E-state index contributed by atoms with van der Waals surface area (Å²) in [7, 11) is 0. The molecule has 0 aliphatic rings. The van der Waals surface area contributed by atoms with Crippen LogP contribution in [-0.4, -0.2) is 21.9 Å². The van der Waals surface area contributed by atoms with Gasteiger partial charge >= 0.3 is 0 Å². The number of nitro benzene ring substituents is 1. The molecule has 0 saturated carbocycles. The second-order valence-electron chi connectivity index (χ2n) is 3.08. The molecule has 6 nitrogen and oxygen atoms in total. The Morgan fingerprint density at radius 2 is 2.33 bits per heavy atom. The fourth-order valence-corrected chi connectivity index (χ4v) is 1.19. The monoisotopic (exact) mass is 209 g/mol. The summed E-state index contributed by atoms with van der Waals surface area (Å²) in [6, 6.07) is 5.31. The zero-order chi connectivity index (χ0) is 11.4. The Labute approximate surface area is 86.2 Å². The van der Waals surface area contributed by atoms with E-state index in [0.717, 1.165) is 0 Å². The Hall–Kier alpha value is -1.95. The van der Waals surface area contributed by atoms with Crippen LogP contribution < -0.4 is 5.73 Å². The minimum absolute atomic E-state index is 0.0608. The van der Waals surface area contributed by atoms with Crippen LogP contribution in [0.25, 0.3) is 0 Å². The second kappa shape index (κ2) is 4.52. The van der Waals surface area contributed by atoms with Crippen molar-refractivity contribution in [1.29, 1.82) is 0 Å². The third-order valence-corrected chi connectivity index (χ3v) is 1.89. The fourth-order valence-electron chi connectivity index (χ4n) is 1.19. The maximum Gasteiger partial charge on any atom is 0.270 e. The van der Waals surface area contributed by atoms with Crippen molar-refractivity contribution in [3.63, 3.8) is 0 Å². The van der Waals surface area contributed by atoms with Gasteiger partial charge in [0.1, 0.15) is 5.71 Å². The molecular formula is C9H11N3O3. The molecule has 0 saturated heterocycles. The average molecular weight is 209 g/mol. The summed E-state index contributed by atoms with van der Waals surface area (Å²) in [4.78, 5) is 9.99. The van der Waals surface area contributed by atoms with Crippen LogP contribution in [0.4, 0.5) is 5.69 Å². The lowest BCUT2D eigenvalue weighted by molar-refractivity contribution is -0.384. The number of nitro groups is 1. The highest BCUT2D eigenvalue weighted by atomic mass is 16.6. The molecule has 15 heavy (non-hydrogen) atoms. The number of hydrogen-bond donors (Lipinski definition) is 2. The van der Waals surface area contributed by atoms with Gasteiger partial charge in [0.05, 0.1) is 4.92 Å². The van der Waals surface area contributed by atoms with Gasteiger partial charge in [-0.3, -0.25) is 10.1 Å². The maximum absolute atomic E-state index is 10.5. The highest BCUT2D eigenvalue weighted by Crippen LogP contribution is 2.14. The molecule has 0 aliphatic heterocycles.